The first-order chi connectivity index (χ1) is 10.1. The maximum absolute atomic E-state index is 11.3. The van der Waals surface area contributed by atoms with Gasteiger partial charge in [0.25, 0.3) is 0 Å². The van der Waals surface area contributed by atoms with Crippen molar-refractivity contribution in [1.29, 1.82) is 0 Å². The van der Waals surface area contributed by atoms with E-state index in [0.717, 1.165) is 39.0 Å². The van der Waals surface area contributed by atoms with Crippen LogP contribution in [0.15, 0.2) is 0 Å². The maximum atomic E-state index is 11.3. The van der Waals surface area contributed by atoms with E-state index < -0.39 is 0 Å². The molecule has 0 saturated heterocycles. The predicted octanol–water partition coefficient (Wildman–Crippen LogP) is -0.0733. The topological polar surface area (TPSA) is 105 Å². The van der Waals surface area contributed by atoms with Crippen LogP contribution in [0.2, 0.25) is 0 Å². The number of carbonyl (C=O) groups excluding carboxylic acids is 1. The molecule has 0 aliphatic heterocycles. The van der Waals surface area contributed by atoms with Gasteiger partial charge in [0.05, 0.1) is 0 Å². The molecule has 0 heterocycles. The summed E-state index contributed by atoms with van der Waals surface area (Å²) >= 11 is 0. The lowest BCUT2D eigenvalue weighted by molar-refractivity contribution is -0.121. The van der Waals surface area contributed by atoms with E-state index in [1.165, 1.54) is 12.8 Å². The molecule has 0 aromatic carbocycles. The second-order valence-electron chi connectivity index (χ2n) is 5.77. The molecule has 0 aliphatic carbocycles. The minimum absolute atomic E-state index is 0.0443. The monoisotopic (exact) mass is 301 g/mol. The zero-order valence-electron chi connectivity index (χ0n) is 13.8. The molecule has 0 bridgehead atoms. The van der Waals surface area contributed by atoms with Crippen LogP contribution in [0.1, 0.15) is 46.0 Å². The smallest absolute Gasteiger partial charge is 0.221 e. The number of amides is 1. The van der Waals surface area contributed by atoms with Crippen LogP contribution in [0.5, 0.6) is 0 Å². The lowest BCUT2D eigenvalue weighted by Gasteiger charge is -2.14. The Hall–Kier alpha value is -0.690. The van der Waals surface area contributed by atoms with Gasteiger partial charge in [0.2, 0.25) is 5.91 Å². The van der Waals surface area contributed by atoms with Crippen molar-refractivity contribution in [1.82, 2.24) is 16.0 Å². The van der Waals surface area contributed by atoms with Crippen LogP contribution in [0, 0.1) is 0 Å². The van der Waals surface area contributed by atoms with Crippen molar-refractivity contribution in [2.24, 2.45) is 11.5 Å². The highest BCUT2D eigenvalue weighted by molar-refractivity contribution is 5.76. The quantitative estimate of drug-likeness (QED) is 0.289. The van der Waals surface area contributed by atoms with Crippen molar-refractivity contribution < 1.29 is 4.79 Å². The Morgan fingerprint density at radius 2 is 1.57 bits per heavy atom. The first kappa shape index (κ1) is 20.3. The molecule has 2 unspecified atom stereocenters. The second-order valence-corrected chi connectivity index (χ2v) is 5.77. The Bertz CT molecular complexity index is 248. The van der Waals surface area contributed by atoms with Gasteiger partial charge < -0.3 is 27.4 Å². The van der Waals surface area contributed by atoms with Gasteiger partial charge in [0, 0.05) is 25.0 Å². The Morgan fingerprint density at radius 3 is 2.10 bits per heavy atom. The number of hydrogen-bond acceptors (Lipinski definition) is 5. The minimum atomic E-state index is 0.0443. The van der Waals surface area contributed by atoms with Gasteiger partial charge in [-0.3, -0.25) is 4.79 Å². The molecule has 7 N–H and O–H groups in total. The van der Waals surface area contributed by atoms with Gasteiger partial charge in [-0.25, -0.2) is 0 Å². The van der Waals surface area contributed by atoms with Gasteiger partial charge in [0.15, 0.2) is 0 Å². The number of hydrogen-bond donors (Lipinski definition) is 5. The molecule has 21 heavy (non-hydrogen) atoms. The van der Waals surface area contributed by atoms with Crippen LogP contribution in [0.4, 0.5) is 0 Å². The predicted molar refractivity (Wildman–Crippen MR) is 89.1 cm³/mol. The molecule has 0 spiro atoms. The molecule has 1 amide bonds. The van der Waals surface area contributed by atoms with E-state index in [0.29, 0.717) is 13.0 Å². The Kier molecular flexibility index (Phi) is 13.8. The summed E-state index contributed by atoms with van der Waals surface area (Å²) < 4.78 is 0. The highest BCUT2D eigenvalue weighted by atomic mass is 16.1. The molecule has 6 heteroatoms. The molecule has 0 rings (SSSR count). The molecule has 2 atom stereocenters. The molecule has 126 valence electrons. The van der Waals surface area contributed by atoms with Gasteiger partial charge in [-0.2, -0.15) is 0 Å². The van der Waals surface area contributed by atoms with Crippen LogP contribution in [-0.2, 0) is 4.79 Å². The fourth-order valence-corrected chi connectivity index (χ4v) is 1.95. The molecule has 6 nitrogen and oxygen atoms in total. The van der Waals surface area contributed by atoms with E-state index in [-0.39, 0.29) is 18.0 Å². The third kappa shape index (κ3) is 15.5. The lowest BCUT2D eigenvalue weighted by Crippen LogP contribution is -2.35. The van der Waals surface area contributed by atoms with Crippen LogP contribution in [0.3, 0.4) is 0 Å². The SMILES string of the molecule is CC(N)CCNCCCCNCCC(C)NC(=O)CCN. The number of unbranched alkanes of at least 4 members (excludes halogenated alkanes) is 1. The van der Waals surface area contributed by atoms with Gasteiger partial charge >= 0.3 is 0 Å². The summed E-state index contributed by atoms with van der Waals surface area (Å²) in [4.78, 5) is 11.3. The molecule has 0 fully saturated rings. The number of rotatable bonds is 14. The highest BCUT2D eigenvalue weighted by Gasteiger charge is 2.05. The van der Waals surface area contributed by atoms with Gasteiger partial charge in [-0.05, 0) is 65.7 Å². The van der Waals surface area contributed by atoms with Gasteiger partial charge in [-0.1, -0.05) is 0 Å². The summed E-state index contributed by atoms with van der Waals surface area (Å²) in [7, 11) is 0. The zero-order valence-corrected chi connectivity index (χ0v) is 13.8. The van der Waals surface area contributed by atoms with Crippen molar-refractivity contribution in [3.05, 3.63) is 0 Å². The van der Waals surface area contributed by atoms with Gasteiger partial charge in [-0.15, -0.1) is 0 Å². The standard InChI is InChI=1S/C15H35N5O/c1-13(17)6-11-18-9-3-4-10-19-12-7-14(2)20-15(21)5-8-16/h13-14,18-19H,3-12,16-17H2,1-2H3,(H,20,21). The van der Waals surface area contributed by atoms with E-state index in [2.05, 4.69) is 16.0 Å². The fraction of sp³-hybridized carbons (Fsp3) is 0.933. The molecule has 0 saturated carbocycles. The maximum Gasteiger partial charge on any atom is 0.221 e. The number of nitrogens with one attached hydrogen (secondary N) is 3. The Balaban J connectivity index is 3.23. The number of carbonyl (C=O) groups is 1. The molecule has 0 aliphatic rings. The van der Waals surface area contributed by atoms with Crippen molar-refractivity contribution in [2.45, 2.75) is 58.0 Å². The first-order valence-electron chi connectivity index (χ1n) is 8.22. The largest absolute Gasteiger partial charge is 0.354 e. The summed E-state index contributed by atoms with van der Waals surface area (Å²) in [6, 6.07) is 0.489. The van der Waals surface area contributed by atoms with Crippen molar-refractivity contribution in [3.8, 4) is 0 Å². The Labute approximate surface area is 129 Å². The summed E-state index contributed by atoms with van der Waals surface area (Å²) in [5.41, 5.74) is 11.0. The molecule has 0 aromatic rings. The highest BCUT2D eigenvalue weighted by Crippen LogP contribution is 1.91. The van der Waals surface area contributed by atoms with Crippen LogP contribution in [0.25, 0.3) is 0 Å². The summed E-state index contributed by atoms with van der Waals surface area (Å²) in [5, 5.41) is 9.74. The second kappa shape index (κ2) is 14.3. The fourth-order valence-electron chi connectivity index (χ4n) is 1.95. The molecule has 0 aromatic heterocycles. The average molecular weight is 301 g/mol. The van der Waals surface area contributed by atoms with Crippen molar-refractivity contribution in [3.63, 3.8) is 0 Å². The third-order valence-electron chi connectivity index (χ3n) is 3.27. The van der Waals surface area contributed by atoms with Crippen LogP contribution >= 0.6 is 0 Å². The Morgan fingerprint density at radius 1 is 1.00 bits per heavy atom. The summed E-state index contributed by atoms with van der Waals surface area (Å²) in [6.45, 7) is 8.49. The minimum Gasteiger partial charge on any atom is -0.354 e. The average Bonchev–Trinajstić information content (AvgIpc) is 2.40. The van der Waals surface area contributed by atoms with Crippen molar-refractivity contribution >= 4 is 5.91 Å². The molecular weight excluding hydrogens is 266 g/mol. The summed E-state index contributed by atoms with van der Waals surface area (Å²) in [5.74, 6) is 0.0443. The van der Waals surface area contributed by atoms with Crippen LogP contribution < -0.4 is 27.4 Å². The van der Waals surface area contributed by atoms with Crippen molar-refractivity contribution in [2.75, 3.05) is 32.7 Å². The van der Waals surface area contributed by atoms with Crippen LogP contribution in [-0.4, -0.2) is 50.7 Å². The van der Waals surface area contributed by atoms with E-state index in [1.54, 1.807) is 0 Å². The number of nitrogens with two attached hydrogens (primary N) is 2. The lowest BCUT2D eigenvalue weighted by atomic mass is 10.2. The molecular formula is C15H35N5O. The van der Waals surface area contributed by atoms with E-state index in [9.17, 15) is 4.79 Å². The third-order valence-corrected chi connectivity index (χ3v) is 3.27. The normalized spacial score (nSPS) is 13.9. The first-order valence-corrected chi connectivity index (χ1v) is 8.22. The van der Waals surface area contributed by atoms with E-state index in [1.807, 2.05) is 13.8 Å². The van der Waals surface area contributed by atoms with E-state index in [4.69, 9.17) is 11.5 Å². The molecule has 0 radical (unpaired) electrons. The summed E-state index contributed by atoms with van der Waals surface area (Å²) in [6.07, 6.45) is 4.73. The zero-order chi connectivity index (χ0) is 15.9. The van der Waals surface area contributed by atoms with E-state index >= 15 is 0 Å². The van der Waals surface area contributed by atoms with Gasteiger partial charge in [0.1, 0.15) is 0 Å².